The van der Waals surface area contributed by atoms with E-state index in [1.807, 2.05) is 0 Å². The van der Waals surface area contributed by atoms with Crippen LogP contribution in [0.2, 0.25) is 0 Å². The first-order valence-corrected chi connectivity index (χ1v) is 5.36. The monoisotopic (exact) mass is 248 g/mol. The second-order valence-corrected chi connectivity index (χ2v) is 4.27. The summed E-state index contributed by atoms with van der Waals surface area (Å²) in [5.41, 5.74) is 4.05. The maximum Gasteiger partial charge on any atom is 0.431 e. The lowest BCUT2D eigenvalue weighted by Crippen LogP contribution is -2.28. The highest BCUT2D eigenvalue weighted by atomic mass is 19.4. The number of hydrogen-bond acceptors (Lipinski definition) is 3. The van der Waals surface area contributed by atoms with Gasteiger partial charge in [0.05, 0.1) is 0 Å². The van der Waals surface area contributed by atoms with E-state index in [4.69, 9.17) is 5.73 Å². The molecule has 1 aliphatic rings. The number of Topliss-reactive ketones (excluding diaryl/α,β-unsaturated/α-hetero) is 1. The molecule has 96 valence electrons. The van der Waals surface area contributed by atoms with Crippen molar-refractivity contribution in [3.63, 3.8) is 0 Å². The van der Waals surface area contributed by atoms with Crippen LogP contribution in [0.4, 0.5) is 13.2 Å². The van der Waals surface area contributed by atoms with Gasteiger partial charge in [-0.25, -0.2) is 0 Å². The van der Waals surface area contributed by atoms with E-state index >= 15 is 0 Å². The standard InChI is InChI=1S/C11H15F3N2O/c1-6(2)16-9-4-3-7(17)5-8(9)10(15)11(12,13)14/h6H,3-5,15H2,1-2H3. The van der Waals surface area contributed by atoms with Gasteiger partial charge in [-0.2, -0.15) is 13.2 Å². The summed E-state index contributed by atoms with van der Waals surface area (Å²) in [5.74, 6) is -0.227. The number of halogens is 3. The Labute approximate surface area is 97.6 Å². The summed E-state index contributed by atoms with van der Waals surface area (Å²) in [6.07, 6.45) is -4.40. The molecular weight excluding hydrogens is 233 g/mol. The third-order valence-corrected chi connectivity index (χ3v) is 2.41. The zero-order chi connectivity index (χ0) is 13.2. The Morgan fingerprint density at radius 1 is 1.35 bits per heavy atom. The first kappa shape index (κ1) is 13.7. The highest BCUT2D eigenvalue weighted by molar-refractivity contribution is 6.09. The topological polar surface area (TPSA) is 55.5 Å². The molecule has 0 radical (unpaired) electrons. The molecule has 0 aromatic carbocycles. The minimum Gasteiger partial charge on any atom is -0.394 e. The summed E-state index contributed by atoms with van der Waals surface area (Å²) < 4.78 is 37.6. The van der Waals surface area contributed by atoms with Crippen LogP contribution in [0.1, 0.15) is 33.1 Å². The van der Waals surface area contributed by atoms with Crippen molar-refractivity contribution < 1.29 is 18.0 Å². The van der Waals surface area contributed by atoms with Gasteiger partial charge in [0.2, 0.25) is 0 Å². The number of hydrogen-bond donors (Lipinski definition) is 1. The molecule has 0 aromatic rings. The number of nitrogens with zero attached hydrogens (tertiary/aromatic N) is 1. The first-order chi connectivity index (χ1) is 7.71. The molecule has 17 heavy (non-hydrogen) atoms. The Balaban J connectivity index is 3.18. The van der Waals surface area contributed by atoms with Gasteiger partial charge in [-0.05, 0) is 20.3 Å². The zero-order valence-corrected chi connectivity index (χ0v) is 9.77. The second-order valence-electron chi connectivity index (χ2n) is 4.27. The van der Waals surface area contributed by atoms with E-state index in [2.05, 4.69) is 4.99 Å². The van der Waals surface area contributed by atoms with Crippen molar-refractivity contribution in [2.24, 2.45) is 10.7 Å². The maximum atomic E-state index is 12.5. The average molecular weight is 248 g/mol. The molecule has 0 saturated heterocycles. The second kappa shape index (κ2) is 4.89. The number of allylic oxidation sites excluding steroid dienone is 2. The molecule has 0 bridgehead atoms. The van der Waals surface area contributed by atoms with Crippen LogP contribution in [0.25, 0.3) is 0 Å². The predicted molar refractivity (Wildman–Crippen MR) is 58.7 cm³/mol. The lowest BCUT2D eigenvalue weighted by atomic mass is 9.90. The van der Waals surface area contributed by atoms with E-state index < -0.39 is 11.9 Å². The van der Waals surface area contributed by atoms with Crippen LogP contribution in [0, 0.1) is 0 Å². The Bertz CT molecular complexity index is 381. The lowest BCUT2D eigenvalue weighted by molar-refractivity contribution is -0.118. The molecular formula is C11H15F3N2O. The van der Waals surface area contributed by atoms with Gasteiger partial charge in [0, 0.05) is 30.2 Å². The quantitative estimate of drug-likeness (QED) is 0.774. The Kier molecular flexibility index (Phi) is 3.95. The van der Waals surface area contributed by atoms with E-state index in [0.29, 0.717) is 5.71 Å². The van der Waals surface area contributed by atoms with Gasteiger partial charge in [-0.1, -0.05) is 0 Å². The minimum atomic E-state index is -4.61. The van der Waals surface area contributed by atoms with E-state index in [1.54, 1.807) is 13.8 Å². The Morgan fingerprint density at radius 2 is 1.94 bits per heavy atom. The van der Waals surface area contributed by atoms with E-state index in [-0.39, 0.29) is 36.7 Å². The number of carbonyl (C=O) groups is 1. The molecule has 0 spiro atoms. The van der Waals surface area contributed by atoms with Crippen LogP contribution in [0.5, 0.6) is 0 Å². The van der Waals surface area contributed by atoms with Crippen molar-refractivity contribution in [3.8, 4) is 0 Å². The summed E-state index contributed by atoms with van der Waals surface area (Å²) >= 11 is 0. The van der Waals surface area contributed by atoms with Gasteiger partial charge in [0.15, 0.2) is 0 Å². The van der Waals surface area contributed by atoms with Gasteiger partial charge in [0.25, 0.3) is 0 Å². The van der Waals surface area contributed by atoms with Gasteiger partial charge in [0.1, 0.15) is 11.5 Å². The Hall–Kier alpha value is -1.33. The summed E-state index contributed by atoms with van der Waals surface area (Å²) in [5, 5.41) is 0. The van der Waals surface area contributed by atoms with Gasteiger partial charge in [-0.3, -0.25) is 9.79 Å². The molecule has 0 heterocycles. The molecule has 3 nitrogen and oxygen atoms in total. The number of carbonyl (C=O) groups excluding carboxylic acids is 1. The number of ketones is 1. The van der Waals surface area contributed by atoms with Crippen LogP contribution >= 0.6 is 0 Å². The SMILES string of the molecule is CC(C)N=C1CCC(=O)CC1=C(N)C(F)(F)F. The number of nitrogens with two attached hydrogens (primary N) is 1. The molecule has 6 heteroatoms. The van der Waals surface area contributed by atoms with E-state index in [0.717, 1.165) is 0 Å². The molecule has 1 aliphatic carbocycles. The lowest BCUT2D eigenvalue weighted by Gasteiger charge is -2.20. The van der Waals surface area contributed by atoms with Crippen LogP contribution in [0.15, 0.2) is 16.3 Å². The number of aliphatic imine (C=N–C) groups is 1. The maximum absolute atomic E-state index is 12.5. The average Bonchev–Trinajstić information content (AvgIpc) is 2.17. The third kappa shape index (κ3) is 3.57. The van der Waals surface area contributed by atoms with Crippen LogP contribution in [-0.2, 0) is 4.79 Å². The molecule has 1 saturated carbocycles. The zero-order valence-electron chi connectivity index (χ0n) is 9.77. The molecule has 2 N–H and O–H groups in total. The smallest absolute Gasteiger partial charge is 0.394 e. The van der Waals surface area contributed by atoms with E-state index in [1.165, 1.54) is 0 Å². The van der Waals surface area contributed by atoms with Gasteiger partial charge in [-0.15, -0.1) is 0 Å². The highest BCUT2D eigenvalue weighted by Crippen LogP contribution is 2.30. The van der Waals surface area contributed by atoms with Crippen molar-refractivity contribution in [1.29, 1.82) is 0 Å². The molecule has 0 aliphatic heterocycles. The molecule has 1 fully saturated rings. The van der Waals surface area contributed by atoms with Crippen LogP contribution in [0.3, 0.4) is 0 Å². The van der Waals surface area contributed by atoms with Crippen LogP contribution < -0.4 is 5.73 Å². The van der Waals surface area contributed by atoms with Crippen molar-refractivity contribution in [2.75, 3.05) is 0 Å². The van der Waals surface area contributed by atoms with Crippen molar-refractivity contribution in [1.82, 2.24) is 0 Å². The van der Waals surface area contributed by atoms with Gasteiger partial charge >= 0.3 is 6.18 Å². The number of rotatable bonds is 1. The molecule has 0 aromatic heterocycles. The molecule has 0 amide bonds. The van der Waals surface area contributed by atoms with Crippen molar-refractivity contribution in [2.45, 2.75) is 45.3 Å². The molecule has 0 unspecified atom stereocenters. The molecule has 0 atom stereocenters. The minimum absolute atomic E-state index is 0.116. The third-order valence-electron chi connectivity index (χ3n) is 2.41. The summed E-state index contributed by atoms with van der Waals surface area (Å²) in [6.45, 7) is 3.54. The predicted octanol–water partition coefficient (Wildman–Crippen LogP) is 2.36. The Morgan fingerprint density at radius 3 is 2.41 bits per heavy atom. The highest BCUT2D eigenvalue weighted by Gasteiger charge is 2.37. The summed E-state index contributed by atoms with van der Waals surface area (Å²) in [7, 11) is 0. The number of alkyl halides is 3. The van der Waals surface area contributed by atoms with Crippen LogP contribution in [-0.4, -0.2) is 23.7 Å². The largest absolute Gasteiger partial charge is 0.431 e. The normalized spacial score (nSPS) is 23.4. The first-order valence-electron chi connectivity index (χ1n) is 5.36. The van der Waals surface area contributed by atoms with E-state index in [9.17, 15) is 18.0 Å². The fourth-order valence-electron chi connectivity index (χ4n) is 1.67. The van der Waals surface area contributed by atoms with Crippen molar-refractivity contribution in [3.05, 3.63) is 11.3 Å². The molecule has 1 rings (SSSR count). The van der Waals surface area contributed by atoms with Crippen molar-refractivity contribution >= 4 is 11.5 Å². The fourth-order valence-corrected chi connectivity index (χ4v) is 1.67. The summed E-state index contributed by atoms with van der Waals surface area (Å²) in [6, 6.07) is -0.116. The summed E-state index contributed by atoms with van der Waals surface area (Å²) in [4.78, 5) is 15.3. The van der Waals surface area contributed by atoms with Gasteiger partial charge < -0.3 is 5.73 Å². The fraction of sp³-hybridized carbons (Fsp3) is 0.636.